The van der Waals surface area contributed by atoms with Crippen molar-refractivity contribution >= 4 is 17.5 Å². The Hall–Kier alpha value is -1.02. The van der Waals surface area contributed by atoms with Gasteiger partial charge in [-0.25, -0.2) is 0 Å². The highest BCUT2D eigenvalue weighted by Gasteiger charge is 2.16. The van der Waals surface area contributed by atoms with Crippen LogP contribution in [0.25, 0.3) is 0 Å². The van der Waals surface area contributed by atoms with Crippen LogP contribution in [0.15, 0.2) is 24.3 Å². The molecule has 76 valence electrons. The number of carbonyl (C=O) groups excluding carboxylic acids is 1. The third-order valence-corrected chi connectivity index (χ3v) is 2.41. The second kappa shape index (κ2) is 5.01. The first-order valence-corrected chi connectivity index (χ1v) is 5.07. The molecule has 0 aliphatic carbocycles. The van der Waals surface area contributed by atoms with E-state index in [0.29, 0.717) is 5.02 Å². The van der Waals surface area contributed by atoms with E-state index < -0.39 is 0 Å². The van der Waals surface area contributed by atoms with Gasteiger partial charge < -0.3 is 5.73 Å². The molecule has 1 atom stereocenters. The molecule has 0 bridgehead atoms. The average molecular weight is 212 g/mol. The fraction of sp³-hybridized carbons (Fsp3) is 0.364. The van der Waals surface area contributed by atoms with Gasteiger partial charge in [-0.3, -0.25) is 4.79 Å². The first-order valence-electron chi connectivity index (χ1n) is 4.70. The number of primary amides is 1. The smallest absolute Gasteiger partial charge is 0.224 e. The fourth-order valence-electron chi connectivity index (χ4n) is 1.49. The summed E-state index contributed by atoms with van der Waals surface area (Å²) < 4.78 is 0. The maximum absolute atomic E-state index is 11.2. The quantitative estimate of drug-likeness (QED) is 0.818. The van der Waals surface area contributed by atoms with Crippen LogP contribution >= 0.6 is 11.6 Å². The normalized spacial score (nSPS) is 12.4. The number of rotatable bonds is 4. The first kappa shape index (κ1) is 11.1. The standard InChI is InChI=1S/C11H14ClNO/c1-2-4-10(11(13)14)8-5-3-6-9(12)7-8/h3,5-7,10H,2,4H2,1H3,(H2,13,14). The van der Waals surface area contributed by atoms with Crippen molar-refractivity contribution in [3.63, 3.8) is 0 Å². The molecular formula is C11H14ClNO. The van der Waals surface area contributed by atoms with Crippen LogP contribution in [0.5, 0.6) is 0 Å². The monoisotopic (exact) mass is 211 g/mol. The molecule has 0 saturated heterocycles. The van der Waals surface area contributed by atoms with Crippen molar-refractivity contribution in [2.45, 2.75) is 25.7 Å². The van der Waals surface area contributed by atoms with Gasteiger partial charge in [-0.05, 0) is 24.1 Å². The van der Waals surface area contributed by atoms with Crippen molar-refractivity contribution in [2.24, 2.45) is 5.73 Å². The molecule has 0 fully saturated rings. The number of hydrogen-bond acceptors (Lipinski definition) is 1. The molecule has 1 unspecified atom stereocenters. The lowest BCUT2D eigenvalue weighted by molar-refractivity contribution is -0.119. The summed E-state index contributed by atoms with van der Waals surface area (Å²) in [4.78, 5) is 11.2. The van der Waals surface area contributed by atoms with Crippen molar-refractivity contribution in [3.05, 3.63) is 34.9 Å². The molecule has 0 heterocycles. The zero-order valence-electron chi connectivity index (χ0n) is 8.16. The van der Waals surface area contributed by atoms with Crippen LogP contribution in [0.2, 0.25) is 5.02 Å². The van der Waals surface area contributed by atoms with Gasteiger partial charge >= 0.3 is 0 Å². The largest absolute Gasteiger partial charge is 0.369 e. The van der Waals surface area contributed by atoms with Crippen LogP contribution < -0.4 is 5.73 Å². The van der Waals surface area contributed by atoms with Crippen molar-refractivity contribution in [1.82, 2.24) is 0 Å². The van der Waals surface area contributed by atoms with Gasteiger partial charge in [-0.2, -0.15) is 0 Å². The number of nitrogens with two attached hydrogens (primary N) is 1. The summed E-state index contributed by atoms with van der Waals surface area (Å²) >= 11 is 5.84. The molecule has 0 spiro atoms. The van der Waals surface area contributed by atoms with E-state index in [0.717, 1.165) is 18.4 Å². The van der Waals surface area contributed by atoms with E-state index in [9.17, 15) is 4.79 Å². The van der Waals surface area contributed by atoms with Crippen LogP contribution in [-0.2, 0) is 4.79 Å². The average Bonchev–Trinajstić information content (AvgIpc) is 2.13. The summed E-state index contributed by atoms with van der Waals surface area (Å²) in [6.07, 6.45) is 1.70. The lowest BCUT2D eigenvalue weighted by atomic mass is 9.94. The summed E-state index contributed by atoms with van der Waals surface area (Å²) in [5.74, 6) is -0.493. The van der Waals surface area contributed by atoms with Gasteiger partial charge in [0.25, 0.3) is 0 Å². The van der Waals surface area contributed by atoms with Gasteiger partial charge in [0.05, 0.1) is 5.92 Å². The molecule has 0 aliphatic rings. The maximum Gasteiger partial charge on any atom is 0.224 e. The first-order chi connectivity index (χ1) is 6.65. The summed E-state index contributed by atoms with van der Waals surface area (Å²) in [5.41, 5.74) is 6.23. The Morgan fingerprint density at radius 2 is 2.29 bits per heavy atom. The zero-order valence-corrected chi connectivity index (χ0v) is 8.92. The highest BCUT2D eigenvalue weighted by atomic mass is 35.5. The Morgan fingerprint density at radius 1 is 1.57 bits per heavy atom. The van der Waals surface area contributed by atoms with Crippen LogP contribution in [0, 0.1) is 0 Å². The van der Waals surface area contributed by atoms with Gasteiger partial charge in [0.1, 0.15) is 0 Å². The minimum atomic E-state index is -0.283. The molecule has 2 nitrogen and oxygen atoms in total. The maximum atomic E-state index is 11.2. The van der Waals surface area contributed by atoms with Crippen LogP contribution in [0.1, 0.15) is 31.2 Å². The van der Waals surface area contributed by atoms with Gasteiger partial charge in [-0.15, -0.1) is 0 Å². The molecule has 0 aromatic heterocycles. The number of amides is 1. The number of benzene rings is 1. The van der Waals surface area contributed by atoms with Crippen LogP contribution in [0.3, 0.4) is 0 Å². The van der Waals surface area contributed by atoms with E-state index in [1.165, 1.54) is 0 Å². The predicted octanol–water partition coefficient (Wildman–Crippen LogP) is 2.71. The Kier molecular flexibility index (Phi) is 3.96. The Labute approximate surface area is 89.1 Å². The van der Waals surface area contributed by atoms with E-state index in [4.69, 9.17) is 17.3 Å². The number of hydrogen-bond donors (Lipinski definition) is 1. The number of carbonyl (C=O) groups is 1. The second-order valence-corrected chi connectivity index (χ2v) is 3.74. The molecule has 1 rings (SSSR count). The van der Waals surface area contributed by atoms with E-state index in [-0.39, 0.29) is 11.8 Å². The second-order valence-electron chi connectivity index (χ2n) is 3.30. The minimum absolute atomic E-state index is 0.210. The lowest BCUT2D eigenvalue weighted by Crippen LogP contribution is -2.21. The molecule has 2 N–H and O–H groups in total. The molecular weight excluding hydrogens is 198 g/mol. The van der Waals surface area contributed by atoms with Crippen LogP contribution in [0.4, 0.5) is 0 Å². The van der Waals surface area contributed by atoms with Crippen molar-refractivity contribution in [2.75, 3.05) is 0 Å². The summed E-state index contributed by atoms with van der Waals surface area (Å²) in [6, 6.07) is 7.31. The molecule has 0 radical (unpaired) electrons. The summed E-state index contributed by atoms with van der Waals surface area (Å²) in [5, 5.41) is 0.643. The van der Waals surface area contributed by atoms with Crippen LogP contribution in [-0.4, -0.2) is 5.91 Å². The lowest BCUT2D eigenvalue weighted by Gasteiger charge is -2.12. The third-order valence-electron chi connectivity index (χ3n) is 2.17. The Morgan fingerprint density at radius 3 is 2.79 bits per heavy atom. The highest BCUT2D eigenvalue weighted by Crippen LogP contribution is 2.23. The van der Waals surface area contributed by atoms with Gasteiger partial charge in [0.15, 0.2) is 0 Å². The predicted molar refractivity (Wildman–Crippen MR) is 58.3 cm³/mol. The topological polar surface area (TPSA) is 43.1 Å². The Bertz CT molecular complexity index is 325. The third kappa shape index (κ3) is 2.74. The van der Waals surface area contributed by atoms with Crippen molar-refractivity contribution < 1.29 is 4.79 Å². The van der Waals surface area contributed by atoms with Gasteiger partial charge in [0.2, 0.25) is 5.91 Å². The number of halogens is 1. The van der Waals surface area contributed by atoms with E-state index in [2.05, 4.69) is 0 Å². The van der Waals surface area contributed by atoms with E-state index in [1.54, 1.807) is 12.1 Å². The van der Waals surface area contributed by atoms with Gasteiger partial charge in [0, 0.05) is 5.02 Å². The molecule has 1 aromatic carbocycles. The van der Waals surface area contributed by atoms with Gasteiger partial charge in [-0.1, -0.05) is 37.1 Å². The molecule has 1 amide bonds. The zero-order chi connectivity index (χ0) is 10.6. The highest BCUT2D eigenvalue weighted by molar-refractivity contribution is 6.30. The van der Waals surface area contributed by atoms with Crippen molar-refractivity contribution in [3.8, 4) is 0 Å². The summed E-state index contributed by atoms with van der Waals surface area (Å²) in [6.45, 7) is 2.03. The Balaban J connectivity index is 2.93. The fourth-order valence-corrected chi connectivity index (χ4v) is 1.68. The summed E-state index contributed by atoms with van der Waals surface area (Å²) in [7, 11) is 0. The van der Waals surface area contributed by atoms with Crippen molar-refractivity contribution in [1.29, 1.82) is 0 Å². The molecule has 1 aromatic rings. The van der Waals surface area contributed by atoms with E-state index >= 15 is 0 Å². The SMILES string of the molecule is CCCC(C(N)=O)c1cccc(Cl)c1. The van der Waals surface area contributed by atoms with E-state index in [1.807, 2.05) is 19.1 Å². The molecule has 0 saturated carbocycles. The molecule has 14 heavy (non-hydrogen) atoms. The molecule has 0 aliphatic heterocycles. The molecule has 3 heteroatoms. The minimum Gasteiger partial charge on any atom is -0.369 e.